The van der Waals surface area contributed by atoms with Gasteiger partial charge in [0, 0.05) is 0 Å². The highest BCUT2D eigenvalue weighted by Gasteiger charge is 2.43. The van der Waals surface area contributed by atoms with Crippen molar-refractivity contribution in [3.05, 3.63) is 64.2 Å². The molecule has 2 N–H and O–H groups in total. The van der Waals surface area contributed by atoms with Gasteiger partial charge in [-0.15, -0.1) is 0 Å². The van der Waals surface area contributed by atoms with Crippen molar-refractivity contribution in [2.24, 2.45) is 0 Å². The van der Waals surface area contributed by atoms with Crippen LogP contribution < -0.4 is 5.73 Å². The fourth-order valence-corrected chi connectivity index (χ4v) is 3.90. The SMILES string of the molecule is N#Cc1cc2c(cc1N)c1cc(C(F)(F)F)c(C(F)(F)F)cc1c1cc(C#N)c(C#N)cc21. The van der Waals surface area contributed by atoms with E-state index in [1.165, 1.54) is 18.2 Å². The van der Waals surface area contributed by atoms with Crippen molar-refractivity contribution in [2.45, 2.75) is 12.4 Å². The number of nitrogens with zero attached hydrogens (tertiary/aromatic N) is 3. The Balaban J connectivity index is 2.39. The number of alkyl halides is 6. The molecule has 162 valence electrons. The van der Waals surface area contributed by atoms with Crippen molar-refractivity contribution >= 4 is 38.0 Å². The van der Waals surface area contributed by atoms with Crippen molar-refractivity contribution in [2.75, 3.05) is 5.73 Å². The third-order valence-electron chi connectivity index (χ3n) is 5.35. The summed E-state index contributed by atoms with van der Waals surface area (Å²) in [4.78, 5) is 0. The Morgan fingerprint density at radius 1 is 0.515 bits per heavy atom. The van der Waals surface area contributed by atoms with Crippen molar-refractivity contribution in [3.8, 4) is 18.2 Å². The highest BCUT2D eigenvalue weighted by atomic mass is 19.4. The number of nitriles is 3. The number of halogens is 6. The van der Waals surface area contributed by atoms with Gasteiger partial charge in [-0.25, -0.2) is 0 Å². The summed E-state index contributed by atoms with van der Waals surface area (Å²) in [5, 5.41) is 28.2. The first-order chi connectivity index (χ1) is 15.4. The molecule has 33 heavy (non-hydrogen) atoms. The Labute approximate surface area is 181 Å². The summed E-state index contributed by atoms with van der Waals surface area (Å²) in [5.74, 6) is 0. The van der Waals surface area contributed by atoms with Gasteiger partial charge in [0.05, 0.1) is 33.5 Å². The van der Waals surface area contributed by atoms with E-state index in [4.69, 9.17) is 5.73 Å². The molecule has 0 aliphatic rings. The molecule has 0 bridgehead atoms. The van der Waals surface area contributed by atoms with E-state index in [2.05, 4.69) is 0 Å². The second-order valence-electron chi connectivity index (χ2n) is 7.20. The highest BCUT2D eigenvalue weighted by Crippen LogP contribution is 2.46. The second kappa shape index (κ2) is 7.01. The minimum atomic E-state index is -5.31. The number of hydrogen-bond donors (Lipinski definition) is 1. The number of rotatable bonds is 0. The average Bonchev–Trinajstić information content (AvgIpc) is 2.75. The lowest BCUT2D eigenvalue weighted by atomic mass is 9.88. The fourth-order valence-electron chi connectivity index (χ4n) is 3.90. The van der Waals surface area contributed by atoms with Crippen LogP contribution in [-0.4, -0.2) is 0 Å². The maximum atomic E-state index is 13.6. The number of anilines is 1. The third-order valence-corrected chi connectivity index (χ3v) is 5.35. The van der Waals surface area contributed by atoms with Gasteiger partial charge in [0.2, 0.25) is 0 Å². The van der Waals surface area contributed by atoms with E-state index >= 15 is 0 Å². The van der Waals surface area contributed by atoms with Crippen LogP contribution in [0.4, 0.5) is 32.0 Å². The highest BCUT2D eigenvalue weighted by molar-refractivity contribution is 6.26. The first-order valence-corrected chi connectivity index (χ1v) is 9.06. The van der Waals surface area contributed by atoms with Gasteiger partial charge in [0.25, 0.3) is 0 Å². The first-order valence-electron chi connectivity index (χ1n) is 9.06. The molecule has 4 nitrogen and oxygen atoms in total. The molecule has 0 saturated heterocycles. The van der Waals surface area contributed by atoms with Crippen LogP contribution in [0.3, 0.4) is 0 Å². The van der Waals surface area contributed by atoms with Gasteiger partial charge >= 0.3 is 12.4 Å². The van der Waals surface area contributed by atoms with Crippen LogP contribution in [0.25, 0.3) is 32.3 Å². The molecule has 0 heterocycles. The zero-order chi connectivity index (χ0) is 24.3. The number of hydrogen-bond acceptors (Lipinski definition) is 4. The van der Waals surface area contributed by atoms with E-state index in [1.807, 2.05) is 12.1 Å². The topological polar surface area (TPSA) is 97.4 Å². The summed E-state index contributed by atoms with van der Waals surface area (Å²) in [5.41, 5.74) is 1.76. The summed E-state index contributed by atoms with van der Waals surface area (Å²) in [6.07, 6.45) is -10.6. The third kappa shape index (κ3) is 3.31. The van der Waals surface area contributed by atoms with Gasteiger partial charge in [-0.3, -0.25) is 0 Å². The van der Waals surface area contributed by atoms with Crippen LogP contribution in [0.2, 0.25) is 0 Å². The Morgan fingerprint density at radius 3 is 1.15 bits per heavy atom. The predicted molar refractivity (Wildman–Crippen MR) is 108 cm³/mol. The molecule has 0 aromatic heterocycles. The molecule has 0 amide bonds. The van der Waals surface area contributed by atoms with Gasteiger partial charge < -0.3 is 5.73 Å². The lowest BCUT2D eigenvalue weighted by molar-refractivity contribution is -0.161. The molecular formula is C23H8F6N4. The van der Waals surface area contributed by atoms with Gasteiger partial charge in [-0.05, 0) is 68.7 Å². The quantitative estimate of drug-likeness (QED) is 0.189. The number of nitrogens with two attached hydrogens (primary N) is 1. The van der Waals surface area contributed by atoms with Crippen LogP contribution in [0, 0.1) is 34.0 Å². The van der Waals surface area contributed by atoms with Gasteiger partial charge in [0.15, 0.2) is 0 Å². The van der Waals surface area contributed by atoms with E-state index in [1.54, 1.807) is 6.07 Å². The summed E-state index contributed by atoms with van der Waals surface area (Å²) >= 11 is 0. The molecule has 10 heteroatoms. The van der Waals surface area contributed by atoms with Crippen LogP contribution >= 0.6 is 0 Å². The molecule has 0 saturated carbocycles. The van der Waals surface area contributed by atoms with E-state index in [0.717, 1.165) is 6.07 Å². The second-order valence-corrected chi connectivity index (χ2v) is 7.20. The minimum Gasteiger partial charge on any atom is -0.398 e. The summed E-state index contributed by atoms with van der Waals surface area (Å²) in [6.45, 7) is 0. The predicted octanol–water partition coefficient (Wildman–Crippen LogP) is 6.38. The summed E-state index contributed by atoms with van der Waals surface area (Å²) < 4.78 is 81.6. The molecule has 0 spiro atoms. The van der Waals surface area contributed by atoms with E-state index in [-0.39, 0.29) is 54.7 Å². The molecule has 0 radical (unpaired) electrons. The lowest BCUT2D eigenvalue weighted by Gasteiger charge is -2.19. The van der Waals surface area contributed by atoms with Gasteiger partial charge in [0.1, 0.15) is 18.2 Å². The molecule has 4 aromatic rings. The van der Waals surface area contributed by atoms with Crippen LogP contribution in [0.1, 0.15) is 27.8 Å². The molecular weight excluding hydrogens is 446 g/mol. The maximum absolute atomic E-state index is 13.6. The smallest absolute Gasteiger partial charge is 0.398 e. The molecule has 0 aliphatic heterocycles. The number of fused-ring (bicyclic) bond motifs is 6. The Kier molecular flexibility index (Phi) is 4.62. The molecule has 0 fully saturated rings. The van der Waals surface area contributed by atoms with Crippen LogP contribution in [0.5, 0.6) is 0 Å². The largest absolute Gasteiger partial charge is 0.417 e. The zero-order valence-electron chi connectivity index (χ0n) is 16.2. The normalized spacial score (nSPS) is 12.0. The number of benzene rings is 4. The van der Waals surface area contributed by atoms with Crippen molar-refractivity contribution < 1.29 is 26.3 Å². The average molecular weight is 454 g/mol. The van der Waals surface area contributed by atoms with Crippen molar-refractivity contribution in [1.29, 1.82) is 15.8 Å². The summed E-state index contributed by atoms with van der Waals surface area (Å²) in [7, 11) is 0. The Hall–Kier alpha value is -4.49. The maximum Gasteiger partial charge on any atom is 0.417 e. The van der Waals surface area contributed by atoms with Crippen molar-refractivity contribution in [3.63, 3.8) is 0 Å². The summed E-state index contributed by atoms with van der Waals surface area (Å²) in [6, 6.07) is 11.1. The zero-order valence-corrected chi connectivity index (χ0v) is 16.2. The van der Waals surface area contributed by atoms with Gasteiger partial charge in [-0.1, -0.05) is 0 Å². The first kappa shape index (κ1) is 21.7. The van der Waals surface area contributed by atoms with E-state index in [9.17, 15) is 42.1 Å². The lowest BCUT2D eigenvalue weighted by Crippen LogP contribution is -2.16. The Morgan fingerprint density at radius 2 is 0.818 bits per heavy atom. The molecule has 4 aromatic carbocycles. The molecule has 4 rings (SSSR count). The van der Waals surface area contributed by atoms with Gasteiger partial charge in [-0.2, -0.15) is 42.1 Å². The standard InChI is InChI=1S/C23H8F6N4/c24-22(25,26)19-4-16-14-2-11(8-31)10(7-30)1-13(14)15-3-12(9-32)21(33)6-18(15)17(16)5-20(19)23(27,28)29/h1-6H,33H2. The van der Waals surface area contributed by atoms with E-state index in [0.29, 0.717) is 12.1 Å². The molecule has 0 aliphatic carbocycles. The minimum absolute atomic E-state index is 0.00558. The van der Waals surface area contributed by atoms with Crippen LogP contribution in [-0.2, 0) is 12.4 Å². The van der Waals surface area contributed by atoms with E-state index < -0.39 is 23.5 Å². The Bertz CT molecular complexity index is 1630. The van der Waals surface area contributed by atoms with Crippen molar-refractivity contribution in [1.82, 2.24) is 0 Å². The number of nitrogen functional groups attached to an aromatic ring is 1. The molecule has 0 atom stereocenters. The monoisotopic (exact) mass is 454 g/mol. The fraction of sp³-hybridized carbons (Fsp3) is 0.0870. The molecule has 0 unspecified atom stereocenters. The van der Waals surface area contributed by atoms with Crippen LogP contribution in [0.15, 0.2) is 36.4 Å².